The normalized spacial score (nSPS) is 33.2. The topological polar surface area (TPSA) is 20.2 Å². The van der Waals surface area contributed by atoms with Gasteiger partial charge in [0.1, 0.15) is 6.17 Å². The summed E-state index contributed by atoms with van der Waals surface area (Å²) in [5.41, 5.74) is 0. The lowest BCUT2D eigenvalue weighted by atomic mass is 9.83. The van der Waals surface area contributed by atoms with Gasteiger partial charge in [-0.2, -0.15) is 0 Å². The molecule has 0 bridgehead atoms. The molecule has 0 radical (unpaired) electrons. The van der Waals surface area contributed by atoms with Crippen molar-refractivity contribution in [3.05, 3.63) is 0 Å². The molecule has 0 aromatic heterocycles. The van der Waals surface area contributed by atoms with Crippen molar-refractivity contribution in [2.24, 2.45) is 5.92 Å². The summed E-state index contributed by atoms with van der Waals surface area (Å²) in [5, 5.41) is 9.23. The fourth-order valence-electron chi connectivity index (χ4n) is 2.30. The molecule has 0 aromatic carbocycles. The molecule has 84 valence electrons. The summed E-state index contributed by atoms with van der Waals surface area (Å²) < 4.78 is 13.2. The first-order chi connectivity index (χ1) is 6.74. The van der Waals surface area contributed by atoms with Crippen LogP contribution in [0.3, 0.4) is 0 Å². The van der Waals surface area contributed by atoms with Crippen LogP contribution in [0.4, 0.5) is 4.39 Å². The molecule has 0 spiro atoms. The van der Waals surface area contributed by atoms with Crippen molar-refractivity contribution in [3.8, 4) is 0 Å². The van der Waals surface area contributed by atoms with E-state index in [1.165, 1.54) is 25.7 Å². The Labute approximate surface area is 86.7 Å². The van der Waals surface area contributed by atoms with Gasteiger partial charge in [-0.05, 0) is 25.2 Å². The molecule has 0 amide bonds. The van der Waals surface area contributed by atoms with Gasteiger partial charge in [-0.1, -0.05) is 39.0 Å². The summed E-state index contributed by atoms with van der Waals surface area (Å²) in [4.78, 5) is 0. The zero-order valence-electron chi connectivity index (χ0n) is 9.21. The molecule has 2 heteroatoms. The van der Waals surface area contributed by atoms with Crippen molar-refractivity contribution in [3.63, 3.8) is 0 Å². The lowest BCUT2D eigenvalue weighted by Gasteiger charge is -2.28. The SMILES string of the molecule is CCCCCCC1CCC(O)C(F)C1. The minimum atomic E-state index is -0.958. The first-order valence-electron chi connectivity index (χ1n) is 6.06. The third kappa shape index (κ3) is 3.95. The molecule has 1 fully saturated rings. The average Bonchev–Trinajstić information content (AvgIpc) is 2.18. The largest absolute Gasteiger partial charge is 0.390 e. The van der Waals surface area contributed by atoms with Gasteiger partial charge in [-0.3, -0.25) is 0 Å². The molecule has 14 heavy (non-hydrogen) atoms. The van der Waals surface area contributed by atoms with E-state index in [-0.39, 0.29) is 0 Å². The van der Waals surface area contributed by atoms with Crippen LogP contribution >= 0.6 is 0 Å². The summed E-state index contributed by atoms with van der Waals surface area (Å²) >= 11 is 0. The van der Waals surface area contributed by atoms with E-state index in [1.54, 1.807) is 0 Å². The van der Waals surface area contributed by atoms with Gasteiger partial charge in [0.25, 0.3) is 0 Å². The Morgan fingerprint density at radius 1 is 1.21 bits per heavy atom. The summed E-state index contributed by atoms with van der Waals surface area (Å²) in [5.74, 6) is 0.533. The average molecular weight is 202 g/mol. The maximum Gasteiger partial charge on any atom is 0.126 e. The van der Waals surface area contributed by atoms with Gasteiger partial charge in [0, 0.05) is 0 Å². The minimum Gasteiger partial charge on any atom is -0.390 e. The first-order valence-corrected chi connectivity index (χ1v) is 6.06. The second-order valence-electron chi connectivity index (χ2n) is 4.61. The first kappa shape index (κ1) is 12.0. The Morgan fingerprint density at radius 2 is 2.00 bits per heavy atom. The van der Waals surface area contributed by atoms with Crippen molar-refractivity contribution in [1.82, 2.24) is 0 Å². The van der Waals surface area contributed by atoms with Crippen LogP contribution in [-0.2, 0) is 0 Å². The van der Waals surface area contributed by atoms with Crippen LogP contribution in [0.15, 0.2) is 0 Å². The third-order valence-electron chi connectivity index (χ3n) is 3.31. The molecule has 1 saturated carbocycles. The maximum atomic E-state index is 13.2. The van der Waals surface area contributed by atoms with Crippen molar-refractivity contribution < 1.29 is 9.50 Å². The Balaban J connectivity index is 2.07. The zero-order chi connectivity index (χ0) is 10.4. The Morgan fingerprint density at radius 3 is 2.64 bits per heavy atom. The number of hydrogen-bond donors (Lipinski definition) is 1. The van der Waals surface area contributed by atoms with Gasteiger partial charge in [-0.15, -0.1) is 0 Å². The Bertz CT molecular complexity index is 149. The van der Waals surface area contributed by atoms with Gasteiger partial charge in [0.15, 0.2) is 0 Å². The molecule has 0 heterocycles. The lowest BCUT2D eigenvalue weighted by Crippen LogP contribution is -2.30. The van der Waals surface area contributed by atoms with E-state index in [0.717, 1.165) is 12.8 Å². The van der Waals surface area contributed by atoms with Crippen LogP contribution in [0.2, 0.25) is 0 Å². The van der Waals surface area contributed by atoms with E-state index in [0.29, 0.717) is 18.8 Å². The van der Waals surface area contributed by atoms with Gasteiger partial charge in [-0.25, -0.2) is 4.39 Å². The highest BCUT2D eigenvalue weighted by Crippen LogP contribution is 2.30. The Kier molecular flexibility index (Phi) is 5.46. The third-order valence-corrected chi connectivity index (χ3v) is 3.31. The van der Waals surface area contributed by atoms with Crippen LogP contribution in [0.1, 0.15) is 58.3 Å². The van der Waals surface area contributed by atoms with Crippen LogP contribution < -0.4 is 0 Å². The monoisotopic (exact) mass is 202 g/mol. The van der Waals surface area contributed by atoms with Crippen molar-refractivity contribution in [2.75, 3.05) is 0 Å². The molecule has 0 saturated heterocycles. The minimum absolute atomic E-state index is 0.533. The number of aliphatic hydroxyl groups excluding tert-OH is 1. The van der Waals surface area contributed by atoms with Crippen LogP contribution in [-0.4, -0.2) is 17.4 Å². The molecule has 1 N–H and O–H groups in total. The molecular weight excluding hydrogens is 179 g/mol. The predicted octanol–water partition coefficient (Wildman–Crippen LogP) is 3.46. The fraction of sp³-hybridized carbons (Fsp3) is 1.00. The highest BCUT2D eigenvalue weighted by Gasteiger charge is 2.28. The maximum absolute atomic E-state index is 13.2. The summed E-state index contributed by atoms with van der Waals surface area (Å²) in [6, 6.07) is 0. The van der Waals surface area contributed by atoms with Crippen molar-refractivity contribution >= 4 is 0 Å². The number of halogens is 1. The summed E-state index contributed by atoms with van der Waals surface area (Å²) in [6.07, 6.45) is 6.88. The van der Waals surface area contributed by atoms with Gasteiger partial charge < -0.3 is 5.11 Å². The highest BCUT2D eigenvalue weighted by molar-refractivity contribution is 4.79. The van der Waals surface area contributed by atoms with E-state index < -0.39 is 12.3 Å². The second kappa shape index (κ2) is 6.39. The van der Waals surface area contributed by atoms with E-state index in [4.69, 9.17) is 0 Å². The second-order valence-corrected chi connectivity index (χ2v) is 4.61. The van der Waals surface area contributed by atoms with E-state index >= 15 is 0 Å². The van der Waals surface area contributed by atoms with Crippen molar-refractivity contribution in [1.29, 1.82) is 0 Å². The van der Waals surface area contributed by atoms with Crippen LogP contribution in [0.25, 0.3) is 0 Å². The molecule has 1 aliphatic carbocycles. The molecular formula is C12H23FO. The number of aliphatic hydroxyl groups is 1. The van der Waals surface area contributed by atoms with E-state index in [2.05, 4.69) is 6.92 Å². The van der Waals surface area contributed by atoms with Gasteiger partial charge in [0.05, 0.1) is 6.10 Å². The van der Waals surface area contributed by atoms with E-state index in [9.17, 15) is 9.50 Å². The zero-order valence-corrected chi connectivity index (χ0v) is 9.21. The smallest absolute Gasteiger partial charge is 0.126 e. The molecule has 3 unspecified atom stereocenters. The standard InChI is InChI=1S/C12H23FO/c1-2-3-4-5-6-10-7-8-12(14)11(13)9-10/h10-12,14H,2-9H2,1H3. The number of hydrogen-bond acceptors (Lipinski definition) is 1. The lowest BCUT2D eigenvalue weighted by molar-refractivity contribution is 0.0225. The molecule has 1 aliphatic rings. The molecule has 1 rings (SSSR count). The number of unbranched alkanes of at least 4 members (excludes halogenated alkanes) is 3. The molecule has 0 aliphatic heterocycles. The predicted molar refractivity (Wildman–Crippen MR) is 57.0 cm³/mol. The quantitative estimate of drug-likeness (QED) is 0.677. The molecule has 1 nitrogen and oxygen atoms in total. The van der Waals surface area contributed by atoms with Crippen molar-refractivity contribution in [2.45, 2.75) is 70.6 Å². The van der Waals surface area contributed by atoms with Crippen LogP contribution in [0.5, 0.6) is 0 Å². The van der Waals surface area contributed by atoms with Gasteiger partial charge in [0.2, 0.25) is 0 Å². The fourth-order valence-corrected chi connectivity index (χ4v) is 2.30. The molecule has 3 atom stereocenters. The number of rotatable bonds is 5. The van der Waals surface area contributed by atoms with Gasteiger partial charge >= 0.3 is 0 Å². The Hall–Kier alpha value is -0.110. The molecule has 0 aromatic rings. The van der Waals surface area contributed by atoms with E-state index in [1.807, 2.05) is 0 Å². The summed E-state index contributed by atoms with van der Waals surface area (Å²) in [7, 11) is 0. The highest BCUT2D eigenvalue weighted by atomic mass is 19.1. The van der Waals surface area contributed by atoms with Crippen LogP contribution in [0, 0.1) is 5.92 Å². The summed E-state index contributed by atoms with van der Waals surface area (Å²) in [6.45, 7) is 2.20. The number of alkyl halides is 1.